The average Bonchev–Trinajstić information content (AvgIpc) is 2.96. The molecule has 1 saturated carbocycles. The zero-order valence-corrected chi connectivity index (χ0v) is 13.9. The van der Waals surface area contributed by atoms with Gasteiger partial charge >= 0.3 is 12.0 Å². The summed E-state index contributed by atoms with van der Waals surface area (Å²) in [7, 11) is 0. The monoisotopic (exact) mass is 333 g/mol. The van der Waals surface area contributed by atoms with Crippen LogP contribution in [0.3, 0.4) is 0 Å². The summed E-state index contributed by atoms with van der Waals surface area (Å²) in [5.74, 6) is -1.45. The number of carbonyl (C=O) groups excluding carboxylic acids is 2. The molecular formula is C17H23N3O4. The Labute approximate surface area is 140 Å². The Hall–Kier alpha value is -2.57. The fourth-order valence-electron chi connectivity index (χ4n) is 2.83. The highest BCUT2D eigenvalue weighted by molar-refractivity contribution is 5.99. The molecule has 0 atom stereocenters. The number of benzene rings is 1. The van der Waals surface area contributed by atoms with E-state index in [2.05, 4.69) is 16.0 Å². The summed E-state index contributed by atoms with van der Waals surface area (Å²) in [5.41, 5.74) is -0.406. The van der Waals surface area contributed by atoms with Crippen LogP contribution in [0.4, 0.5) is 10.5 Å². The van der Waals surface area contributed by atoms with Crippen LogP contribution in [0.5, 0.6) is 0 Å². The van der Waals surface area contributed by atoms with Crippen molar-refractivity contribution in [3.8, 4) is 0 Å². The van der Waals surface area contributed by atoms with Gasteiger partial charge < -0.3 is 21.1 Å². The van der Waals surface area contributed by atoms with E-state index in [9.17, 15) is 19.5 Å². The Bertz CT molecular complexity index is 636. The summed E-state index contributed by atoms with van der Waals surface area (Å²) < 4.78 is 0. The molecule has 7 nitrogen and oxygen atoms in total. The van der Waals surface area contributed by atoms with Crippen molar-refractivity contribution in [2.45, 2.75) is 51.1 Å². The van der Waals surface area contributed by atoms with E-state index in [1.807, 2.05) is 13.8 Å². The molecule has 1 aliphatic carbocycles. The molecule has 0 spiro atoms. The summed E-state index contributed by atoms with van der Waals surface area (Å²) in [5, 5.41) is 17.4. The third-order valence-corrected chi connectivity index (χ3v) is 4.02. The summed E-state index contributed by atoms with van der Waals surface area (Å²) in [6.45, 7) is 3.69. The lowest BCUT2D eigenvalue weighted by Gasteiger charge is -2.25. The van der Waals surface area contributed by atoms with Crippen LogP contribution >= 0.6 is 0 Å². The van der Waals surface area contributed by atoms with Crippen LogP contribution in [0.25, 0.3) is 0 Å². The Kier molecular flexibility index (Phi) is 5.43. The molecule has 1 aromatic carbocycles. The van der Waals surface area contributed by atoms with E-state index < -0.39 is 17.4 Å². The maximum atomic E-state index is 12.4. The van der Waals surface area contributed by atoms with Crippen molar-refractivity contribution in [2.24, 2.45) is 0 Å². The van der Waals surface area contributed by atoms with E-state index in [1.165, 1.54) is 6.07 Å². The van der Waals surface area contributed by atoms with E-state index in [4.69, 9.17) is 0 Å². The normalized spacial score (nSPS) is 15.8. The third kappa shape index (κ3) is 4.24. The van der Waals surface area contributed by atoms with Gasteiger partial charge in [-0.15, -0.1) is 0 Å². The molecule has 1 aliphatic rings. The van der Waals surface area contributed by atoms with E-state index in [-0.39, 0.29) is 12.1 Å². The number of urea groups is 1. The molecule has 24 heavy (non-hydrogen) atoms. The minimum absolute atomic E-state index is 0.00530. The number of hydrogen-bond donors (Lipinski definition) is 4. The number of amides is 3. The van der Waals surface area contributed by atoms with Crippen LogP contribution in [-0.4, -0.2) is 34.6 Å². The highest BCUT2D eigenvalue weighted by Crippen LogP contribution is 2.30. The number of aliphatic carboxylic acids is 1. The number of carboxylic acid groups (broad SMARTS) is 1. The average molecular weight is 333 g/mol. The maximum Gasteiger partial charge on any atom is 0.329 e. The van der Waals surface area contributed by atoms with Crippen LogP contribution in [0.1, 0.15) is 49.9 Å². The number of hydrogen-bond acceptors (Lipinski definition) is 3. The second-order valence-corrected chi connectivity index (χ2v) is 6.38. The van der Waals surface area contributed by atoms with Gasteiger partial charge in [0.15, 0.2) is 0 Å². The van der Waals surface area contributed by atoms with Gasteiger partial charge in [0.05, 0.1) is 0 Å². The van der Waals surface area contributed by atoms with Crippen molar-refractivity contribution in [1.29, 1.82) is 0 Å². The highest BCUT2D eigenvalue weighted by Gasteiger charge is 2.42. The molecular weight excluding hydrogens is 310 g/mol. The first kappa shape index (κ1) is 17.8. The first-order valence-electron chi connectivity index (χ1n) is 8.06. The van der Waals surface area contributed by atoms with Crippen molar-refractivity contribution >= 4 is 23.6 Å². The van der Waals surface area contributed by atoms with Crippen LogP contribution in [-0.2, 0) is 4.79 Å². The summed E-state index contributed by atoms with van der Waals surface area (Å²) >= 11 is 0. The summed E-state index contributed by atoms with van der Waals surface area (Å²) in [6.07, 6.45) is 2.43. The molecule has 0 aromatic heterocycles. The Morgan fingerprint density at radius 3 is 2.42 bits per heavy atom. The molecule has 1 fully saturated rings. The van der Waals surface area contributed by atoms with E-state index >= 15 is 0 Å². The van der Waals surface area contributed by atoms with Gasteiger partial charge in [-0.3, -0.25) is 4.79 Å². The first-order valence-corrected chi connectivity index (χ1v) is 8.06. The number of nitrogens with one attached hydrogen (secondary N) is 3. The van der Waals surface area contributed by atoms with Crippen molar-refractivity contribution in [3.63, 3.8) is 0 Å². The fourth-order valence-corrected chi connectivity index (χ4v) is 2.83. The predicted octanol–water partition coefficient (Wildman–Crippen LogP) is 2.34. The SMILES string of the molecule is CC(C)NC(=O)Nc1cccc(C(=O)NC2(C(=O)O)CCCC2)c1. The smallest absolute Gasteiger partial charge is 0.329 e. The molecule has 7 heteroatoms. The molecule has 0 aliphatic heterocycles. The topological polar surface area (TPSA) is 108 Å². The standard InChI is InChI=1S/C17H23N3O4/c1-11(2)18-16(24)19-13-7-5-6-12(10-13)14(21)20-17(15(22)23)8-3-4-9-17/h5-7,10-11H,3-4,8-9H2,1-2H3,(H,20,21)(H,22,23)(H2,18,19,24). The van der Waals surface area contributed by atoms with Gasteiger partial charge in [0.25, 0.3) is 5.91 Å². The second-order valence-electron chi connectivity index (χ2n) is 6.38. The summed E-state index contributed by atoms with van der Waals surface area (Å²) in [6, 6.07) is 6.06. The maximum absolute atomic E-state index is 12.4. The molecule has 0 heterocycles. The number of carbonyl (C=O) groups is 3. The third-order valence-electron chi connectivity index (χ3n) is 4.02. The van der Waals surface area contributed by atoms with Crippen LogP contribution in [0.15, 0.2) is 24.3 Å². The van der Waals surface area contributed by atoms with Crippen LogP contribution in [0.2, 0.25) is 0 Å². The molecule has 0 bridgehead atoms. The van der Waals surface area contributed by atoms with Gasteiger partial charge in [-0.1, -0.05) is 18.9 Å². The lowest BCUT2D eigenvalue weighted by molar-refractivity contribution is -0.144. The minimum atomic E-state index is -1.18. The van der Waals surface area contributed by atoms with Gasteiger partial charge in [0, 0.05) is 17.3 Å². The van der Waals surface area contributed by atoms with Gasteiger partial charge in [-0.05, 0) is 44.9 Å². The van der Waals surface area contributed by atoms with Gasteiger partial charge in [-0.2, -0.15) is 0 Å². The number of rotatable bonds is 5. The molecule has 2 rings (SSSR count). The first-order chi connectivity index (χ1) is 11.3. The fraction of sp³-hybridized carbons (Fsp3) is 0.471. The molecule has 0 radical (unpaired) electrons. The van der Waals surface area contributed by atoms with E-state index in [0.717, 1.165) is 12.8 Å². The lowest BCUT2D eigenvalue weighted by atomic mass is 9.97. The van der Waals surface area contributed by atoms with E-state index in [1.54, 1.807) is 18.2 Å². The predicted molar refractivity (Wildman–Crippen MR) is 90.0 cm³/mol. The zero-order valence-electron chi connectivity index (χ0n) is 13.9. The second kappa shape index (κ2) is 7.33. The number of carboxylic acids is 1. The van der Waals surface area contributed by atoms with Crippen LogP contribution < -0.4 is 16.0 Å². The zero-order chi connectivity index (χ0) is 17.7. The molecule has 0 saturated heterocycles. The van der Waals surface area contributed by atoms with E-state index in [0.29, 0.717) is 24.1 Å². The van der Waals surface area contributed by atoms with Gasteiger partial charge in [0.1, 0.15) is 5.54 Å². The van der Waals surface area contributed by atoms with Crippen molar-refractivity contribution in [3.05, 3.63) is 29.8 Å². The Morgan fingerprint density at radius 2 is 1.83 bits per heavy atom. The lowest BCUT2D eigenvalue weighted by Crippen LogP contribution is -2.52. The Balaban J connectivity index is 2.09. The van der Waals surface area contributed by atoms with Crippen molar-refractivity contribution in [2.75, 3.05) is 5.32 Å². The van der Waals surface area contributed by atoms with Crippen molar-refractivity contribution < 1.29 is 19.5 Å². The van der Waals surface area contributed by atoms with Crippen molar-refractivity contribution in [1.82, 2.24) is 10.6 Å². The molecule has 1 aromatic rings. The number of anilines is 1. The molecule has 130 valence electrons. The largest absolute Gasteiger partial charge is 0.480 e. The van der Waals surface area contributed by atoms with Gasteiger partial charge in [-0.25, -0.2) is 9.59 Å². The molecule has 4 N–H and O–H groups in total. The molecule has 3 amide bonds. The molecule has 0 unspecified atom stereocenters. The quantitative estimate of drug-likeness (QED) is 0.663. The summed E-state index contributed by atoms with van der Waals surface area (Å²) in [4.78, 5) is 35.7. The highest BCUT2D eigenvalue weighted by atomic mass is 16.4. The Morgan fingerprint density at radius 1 is 1.17 bits per heavy atom. The van der Waals surface area contributed by atoms with Crippen LogP contribution in [0, 0.1) is 0 Å². The minimum Gasteiger partial charge on any atom is -0.480 e. The van der Waals surface area contributed by atoms with Gasteiger partial charge in [0.2, 0.25) is 0 Å².